The van der Waals surface area contributed by atoms with Crippen molar-refractivity contribution in [2.45, 2.75) is 103 Å². The first-order valence-electron chi connectivity index (χ1n) is 10.9. The van der Waals surface area contributed by atoms with Crippen LogP contribution in [0.4, 0.5) is 4.79 Å². The molecule has 0 bridgehead atoms. The van der Waals surface area contributed by atoms with Gasteiger partial charge in [0.25, 0.3) is 0 Å². The zero-order valence-electron chi connectivity index (χ0n) is 17.1. The molecular formula is C21H42N2O4. The minimum Gasteiger partial charge on any atom is -0.396 e. The Bertz CT molecular complexity index is 360. The minimum atomic E-state index is -0.769. The number of aliphatic hydroxyl groups excluding tert-OH is 2. The number of carbonyl (C=O) groups is 2. The molecule has 6 heteroatoms. The number of rotatable bonds is 19. The Morgan fingerprint density at radius 1 is 0.667 bits per heavy atom. The number of urea groups is 1. The highest BCUT2D eigenvalue weighted by Gasteiger charge is 2.04. The number of unbranched alkanes of at least 4 members (excludes halogenated alkanes) is 13. The highest BCUT2D eigenvalue weighted by molar-refractivity contribution is 5.93. The van der Waals surface area contributed by atoms with Crippen LogP contribution in [0.25, 0.3) is 0 Å². The van der Waals surface area contributed by atoms with Crippen LogP contribution in [-0.4, -0.2) is 35.4 Å². The first-order chi connectivity index (χ1) is 13.1. The van der Waals surface area contributed by atoms with Gasteiger partial charge in [0.1, 0.15) is 0 Å². The summed E-state index contributed by atoms with van der Waals surface area (Å²) in [7, 11) is 0. The van der Waals surface area contributed by atoms with Gasteiger partial charge in [-0.3, -0.25) is 10.1 Å². The highest BCUT2D eigenvalue weighted by atomic mass is 16.3. The molecule has 0 aromatic carbocycles. The molecule has 0 heterocycles. The molecule has 0 aromatic heterocycles. The SMILES string of the molecule is NC(=O)NC(=O)CCCCCCCCCCCCCCCCC(CO)CO. The average Bonchev–Trinajstić information content (AvgIpc) is 2.64. The number of hydrogen-bond acceptors (Lipinski definition) is 4. The summed E-state index contributed by atoms with van der Waals surface area (Å²) < 4.78 is 0. The van der Waals surface area contributed by atoms with Crippen LogP contribution in [-0.2, 0) is 4.79 Å². The Morgan fingerprint density at radius 2 is 1.04 bits per heavy atom. The zero-order chi connectivity index (χ0) is 20.2. The number of carbonyl (C=O) groups excluding carboxylic acids is 2. The molecule has 0 spiro atoms. The molecule has 0 radical (unpaired) electrons. The van der Waals surface area contributed by atoms with E-state index in [9.17, 15) is 9.59 Å². The molecule has 0 aromatic rings. The fraction of sp³-hybridized carbons (Fsp3) is 0.905. The van der Waals surface area contributed by atoms with Crippen molar-refractivity contribution < 1.29 is 19.8 Å². The van der Waals surface area contributed by atoms with E-state index in [-0.39, 0.29) is 25.0 Å². The van der Waals surface area contributed by atoms with Gasteiger partial charge in [0.15, 0.2) is 0 Å². The van der Waals surface area contributed by atoms with Crippen LogP contribution in [0.15, 0.2) is 0 Å². The molecule has 160 valence electrons. The summed E-state index contributed by atoms with van der Waals surface area (Å²) in [6.45, 7) is 0.204. The van der Waals surface area contributed by atoms with Gasteiger partial charge >= 0.3 is 6.03 Å². The monoisotopic (exact) mass is 386 g/mol. The Labute approximate surface area is 165 Å². The van der Waals surface area contributed by atoms with Crippen LogP contribution in [0.5, 0.6) is 0 Å². The van der Waals surface area contributed by atoms with E-state index >= 15 is 0 Å². The Kier molecular flexibility index (Phi) is 18.8. The van der Waals surface area contributed by atoms with Crippen molar-refractivity contribution >= 4 is 11.9 Å². The molecule has 0 aliphatic rings. The van der Waals surface area contributed by atoms with Crippen LogP contribution < -0.4 is 11.1 Å². The van der Waals surface area contributed by atoms with Crippen LogP contribution in [0.1, 0.15) is 103 Å². The lowest BCUT2D eigenvalue weighted by molar-refractivity contribution is -0.120. The third kappa shape index (κ3) is 19.4. The van der Waals surface area contributed by atoms with Crippen molar-refractivity contribution in [1.82, 2.24) is 5.32 Å². The molecule has 27 heavy (non-hydrogen) atoms. The van der Waals surface area contributed by atoms with Crippen molar-refractivity contribution in [1.29, 1.82) is 0 Å². The molecule has 0 aliphatic carbocycles. The van der Waals surface area contributed by atoms with Crippen LogP contribution in [0, 0.1) is 5.92 Å². The maximum absolute atomic E-state index is 11.2. The third-order valence-electron chi connectivity index (χ3n) is 5.05. The smallest absolute Gasteiger partial charge is 0.318 e. The second kappa shape index (κ2) is 19.6. The predicted octanol–water partition coefficient (Wildman–Crippen LogP) is 4.02. The van der Waals surface area contributed by atoms with Crippen molar-refractivity contribution in [3.05, 3.63) is 0 Å². The van der Waals surface area contributed by atoms with E-state index in [0.717, 1.165) is 32.1 Å². The second-order valence-electron chi connectivity index (χ2n) is 7.63. The molecule has 5 N–H and O–H groups in total. The molecule has 0 atom stereocenters. The van der Waals surface area contributed by atoms with Gasteiger partial charge < -0.3 is 15.9 Å². The van der Waals surface area contributed by atoms with Gasteiger partial charge in [-0.1, -0.05) is 83.5 Å². The maximum Gasteiger partial charge on any atom is 0.318 e. The summed E-state index contributed by atoms with van der Waals surface area (Å²) in [5.41, 5.74) is 4.88. The Morgan fingerprint density at radius 3 is 1.41 bits per heavy atom. The normalized spacial score (nSPS) is 11.1. The number of aliphatic hydroxyl groups is 2. The number of amides is 3. The number of hydrogen-bond donors (Lipinski definition) is 4. The lowest BCUT2D eigenvalue weighted by Crippen LogP contribution is -2.34. The molecule has 0 rings (SSSR count). The van der Waals surface area contributed by atoms with Crippen LogP contribution >= 0.6 is 0 Å². The summed E-state index contributed by atoms with van der Waals surface area (Å²) in [5, 5.41) is 20.1. The largest absolute Gasteiger partial charge is 0.396 e. The van der Waals surface area contributed by atoms with E-state index < -0.39 is 6.03 Å². The van der Waals surface area contributed by atoms with E-state index in [4.69, 9.17) is 15.9 Å². The lowest BCUT2D eigenvalue weighted by Gasteiger charge is -2.09. The van der Waals surface area contributed by atoms with Crippen molar-refractivity contribution in [3.8, 4) is 0 Å². The Balaban J connectivity index is 3.15. The molecular weight excluding hydrogens is 344 g/mol. The highest BCUT2D eigenvalue weighted by Crippen LogP contribution is 2.15. The molecule has 6 nitrogen and oxygen atoms in total. The molecule has 0 fully saturated rings. The molecule has 0 saturated carbocycles. The maximum atomic E-state index is 11.2. The van der Waals surface area contributed by atoms with E-state index in [2.05, 4.69) is 5.32 Å². The number of primary amides is 1. The van der Waals surface area contributed by atoms with Gasteiger partial charge in [-0.25, -0.2) is 4.79 Å². The number of nitrogens with one attached hydrogen (secondary N) is 1. The van der Waals surface area contributed by atoms with Crippen molar-refractivity contribution in [2.75, 3.05) is 13.2 Å². The molecule has 0 aliphatic heterocycles. The first kappa shape index (κ1) is 25.9. The third-order valence-corrected chi connectivity index (χ3v) is 5.05. The summed E-state index contributed by atoms with van der Waals surface area (Å²) in [6.07, 6.45) is 18.3. The van der Waals surface area contributed by atoms with E-state index in [1.807, 2.05) is 0 Å². The van der Waals surface area contributed by atoms with Crippen LogP contribution in [0.3, 0.4) is 0 Å². The lowest BCUT2D eigenvalue weighted by atomic mass is 10.0. The quantitative estimate of drug-likeness (QED) is 0.251. The summed E-state index contributed by atoms with van der Waals surface area (Å²) in [5.74, 6) is -0.201. The molecule has 3 amide bonds. The second-order valence-corrected chi connectivity index (χ2v) is 7.63. The Hall–Kier alpha value is -1.14. The number of imide groups is 1. The van der Waals surface area contributed by atoms with E-state index in [1.165, 1.54) is 64.2 Å². The predicted molar refractivity (Wildman–Crippen MR) is 109 cm³/mol. The standard InChI is InChI=1S/C21H42N2O4/c22-21(27)23-20(26)16-14-12-10-8-6-4-2-1-3-5-7-9-11-13-15-19(17-24)18-25/h19,24-25H,1-18H2,(H3,22,23,26,27). The van der Waals surface area contributed by atoms with Gasteiger partial charge in [0, 0.05) is 25.6 Å². The molecule has 0 saturated heterocycles. The number of nitrogens with two attached hydrogens (primary N) is 1. The van der Waals surface area contributed by atoms with Gasteiger partial charge in [-0.2, -0.15) is 0 Å². The topological polar surface area (TPSA) is 113 Å². The van der Waals surface area contributed by atoms with Gasteiger partial charge in [-0.15, -0.1) is 0 Å². The van der Waals surface area contributed by atoms with E-state index in [1.54, 1.807) is 0 Å². The molecule has 0 unspecified atom stereocenters. The van der Waals surface area contributed by atoms with Gasteiger partial charge in [-0.05, 0) is 12.8 Å². The van der Waals surface area contributed by atoms with E-state index in [0.29, 0.717) is 6.42 Å². The average molecular weight is 387 g/mol. The van der Waals surface area contributed by atoms with Gasteiger partial charge in [0.2, 0.25) is 5.91 Å². The summed E-state index contributed by atoms with van der Waals surface area (Å²) in [4.78, 5) is 21.7. The zero-order valence-corrected chi connectivity index (χ0v) is 17.1. The minimum absolute atomic E-state index is 0.0753. The summed E-state index contributed by atoms with van der Waals surface area (Å²) >= 11 is 0. The fourth-order valence-corrected chi connectivity index (χ4v) is 3.28. The van der Waals surface area contributed by atoms with Crippen molar-refractivity contribution in [2.24, 2.45) is 11.7 Å². The van der Waals surface area contributed by atoms with Crippen molar-refractivity contribution in [3.63, 3.8) is 0 Å². The first-order valence-corrected chi connectivity index (χ1v) is 10.9. The fourth-order valence-electron chi connectivity index (χ4n) is 3.28. The summed E-state index contributed by atoms with van der Waals surface area (Å²) in [6, 6.07) is -0.769. The van der Waals surface area contributed by atoms with Gasteiger partial charge in [0.05, 0.1) is 0 Å². The van der Waals surface area contributed by atoms with Crippen LogP contribution in [0.2, 0.25) is 0 Å².